The zero-order valence-electron chi connectivity index (χ0n) is 13.6. The van der Waals surface area contributed by atoms with Crippen molar-refractivity contribution in [3.8, 4) is 0 Å². The van der Waals surface area contributed by atoms with Crippen LogP contribution in [0, 0.1) is 16.0 Å². The van der Waals surface area contributed by atoms with E-state index in [1.807, 2.05) is 0 Å². The maximum atomic E-state index is 12.2. The molecule has 0 saturated heterocycles. The van der Waals surface area contributed by atoms with Crippen LogP contribution in [0.15, 0.2) is 35.6 Å². The van der Waals surface area contributed by atoms with E-state index in [1.54, 1.807) is 6.07 Å². The largest absolute Gasteiger partial charge is 0.512 e. The van der Waals surface area contributed by atoms with Crippen molar-refractivity contribution in [1.82, 2.24) is 0 Å². The molecular weight excluding hydrogens is 314 g/mol. The van der Waals surface area contributed by atoms with E-state index in [2.05, 4.69) is 0 Å². The van der Waals surface area contributed by atoms with Gasteiger partial charge in [-0.1, -0.05) is 12.1 Å². The first-order valence-electron chi connectivity index (χ1n) is 7.46. The van der Waals surface area contributed by atoms with Crippen molar-refractivity contribution in [2.24, 2.45) is 5.92 Å². The molecule has 1 aliphatic rings. The number of ketones is 2. The first-order valence-corrected chi connectivity index (χ1v) is 7.46. The Morgan fingerprint density at radius 2 is 1.96 bits per heavy atom. The van der Waals surface area contributed by atoms with Crippen LogP contribution in [0.2, 0.25) is 0 Å². The standard InChI is InChI=1S/C17H19NO6/c1-9(19)14-13(21)8-17(3,22)16(10(2)20)15(14)11-5-4-6-12(7-11)18(23)24/h4-7,15-16,21-22H,8H2,1-3H3/t15-,16+,17-/m0/s1. The highest BCUT2D eigenvalue weighted by Gasteiger charge is 2.49. The average molecular weight is 333 g/mol. The number of Topliss-reactive ketones (excluding diaryl/α,β-unsaturated/α-hetero) is 2. The molecule has 0 aromatic heterocycles. The Kier molecular flexibility index (Phi) is 4.57. The molecule has 0 bridgehead atoms. The minimum atomic E-state index is -1.57. The molecule has 0 spiro atoms. The van der Waals surface area contributed by atoms with Gasteiger partial charge in [-0.15, -0.1) is 0 Å². The summed E-state index contributed by atoms with van der Waals surface area (Å²) < 4.78 is 0. The number of aliphatic hydroxyl groups is 2. The van der Waals surface area contributed by atoms with Crippen molar-refractivity contribution in [2.45, 2.75) is 38.7 Å². The zero-order valence-corrected chi connectivity index (χ0v) is 13.6. The minimum Gasteiger partial charge on any atom is -0.512 e. The van der Waals surface area contributed by atoms with Gasteiger partial charge in [-0.2, -0.15) is 0 Å². The van der Waals surface area contributed by atoms with Crippen LogP contribution in [0.3, 0.4) is 0 Å². The lowest BCUT2D eigenvalue weighted by atomic mass is 9.64. The van der Waals surface area contributed by atoms with Gasteiger partial charge in [-0.25, -0.2) is 0 Å². The third-order valence-electron chi connectivity index (χ3n) is 4.41. The summed E-state index contributed by atoms with van der Waals surface area (Å²) in [4.78, 5) is 34.7. The van der Waals surface area contributed by atoms with Crippen LogP contribution >= 0.6 is 0 Å². The molecule has 1 aromatic carbocycles. The molecule has 0 unspecified atom stereocenters. The fraction of sp³-hybridized carbons (Fsp3) is 0.412. The summed E-state index contributed by atoms with van der Waals surface area (Å²) in [6.45, 7) is 3.97. The van der Waals surface area contributed by atoms with Crippen LogP contribution in [0.25, 0.3) is 0 Å². The van der Waals surface area contributed by atoms with Crippen LogP contribution in [0.1, 0.15) is 38.7 Å². The van der Waals surface area contributed by atoms with Gasteiger partial charge in [-0.3, -0.25) is 19.7 Å². The molecule has 2 rings (SSSR count). The van der Waals surface area contributed by atoms with E-state index in [-0.39, 0.29) is 29.2 Å². The Labute approximate surface area is 138 Å². The van der Waals surface area contributed by atoms with Gasteiger partial charge in [-0.05, 0) is 26.3 Å². The third-order valence-corrected chi connectivity index (χ3v) is 4.41. The van der Waals surface area contributed by atoms with Crippen LogP contribution in [0.4, 0.5) is 5.69 Å². The molecule has 2 N–H and O–H groups in total. The molecule has 0 heterocycles. The lowest BCUT2D eigenvalue weighted by Crippen LogP contribution is -2.47. The fourth-order valence-corrected chi connectivity index (χ4v) is 3.54. The number of aliphatic hydroxyl groups excluding tert-OH is 1. The van der Waals surface area contributed by atoms with E-state index < -0.39 is 28.1 Å². The smallest absolute Gasteiger partial charge is 0.269 e. The first kappa shape index (κ1) is 17.8. The van der Waals surface area contributed by atoms with Gasteiger partial charge in [0, 0.05) is 30.0 Å². The van der Waals surface area contributed by atoms with E-state index in [9.17, 15) is 29.9 Å². The molecule has 0 amide bonds. The number of hydrogen-bond acceptors (Lipinski definition) is 6. The summed E-state index contributed by atoms with van der Waals surface area (Å²) in [7, 11) is 0. The highest BCUT2D eigenvalue weighted by atomic mass is 16.6. The number of hydrogen-bond donors (Lipinski definition) is 2. The minimum absolute atomic E-state index is 0.0159. The molecule has 0 aliphatic heterocycles. The predicted octanol–water partition coefficient (Wildman–Crippen LogP) is 2.44. The number of carbonyl (C=O) groups is 2. The summed E-state index contributed by atoms with van der Waals surface area (Å²) >= 11 is 0. The monoisotopic (exact) mass is 333 g/mol. The molecule has 24 heavy (non-hydrogen) atoms. The van der Waals surface area contributed by atoms with Crippen molar-refractivity contribution in [3.63, 3.8) is 0 Å². The molecule has 1 aromatic rings. The lowest BCUT2D eigenvalue weighted by molar-refractivity contribution is -0.384. The molecule has 0 saturated carbocycles. The normalized spacial score (nSPS) is 27.0. The van der Waals surface area contributed by atoms with Crippen LogP contribution in [-0.4, -0.2) is 32.3 Å². The first-order chi connectivity index (χ1) is 11.1. The Balaban J connectivity index is 2.73. The maximum Gasteiger partial charge on any atom is 0.269 e. The quantitative estimate of drug-likeness (QED) is 0.645. The maximum absolute atomic E-state index is 12.2. The average Bonchev–Trinajstić information content (AvgIpc) is 2.44. The van der Waals surface area contributed by atoms with Crippen molar-refractivity contribution in [3.05, 3.63) is 51.3 Å². The van der Waals surface area contributed by atoms with Gasteiger partial charge in [0.05, 0.1) is 16.4 Å². The number of rotatable bonds is 4. The second kappa shape index (κ2) is 6.16. The summed E-state index contributed by atoms with van der Waals surface area (Å²) in [5, 5.41) is 31.9. The second-order valence-corrected chi connectivity index (χ2v) is 6.37. The number of non-ortho nitro benzene ring substituents is 1. The predicted molar refractivity (Wildman–Crippen MR) is 85.6 cm³/mol. The van der Waals surface area contributed by atoms with Gasteiger partial charge >= 0.3 is 0 Å². The second-order valence-electron chi connectivity index (χ2n) is 6.37. The number of nitrogens with zero attached hydrogens (tertiary/aromatic N) is 1. The molecule has 3 atom stereocenters. The van der Waals surface area contributed by atoms with E-state index >= 15 is 0 Å². The Morgan fingerprint density at radius 1 is 1.33 bits per heavy atom. The summed E-state index contributed by atoms with van der Waals surface area (Å²) in [6.07, 6.45) is -0.225. The number of nitro groups is 1. The lowest BCUT2D eigenvalue weighted by Gasteiger charge is -2.41. The van der Waals surface area contributed by atoms with E-state index in [0.717, 1.165) is 0 Å². The molecule has 0 fully saturated rings. The van der Waals surface area contributed by atoms with Crippen molar-refractivity contribution in [2.75, 3.05) is 0 Å². The van der Waals surface area contributed by atoms with Gasteiger partial charge in [0.15, 0.2) is 5.78 Å². The van der Waals surface area contributed by atoms with Crippen LogP contribution in [-0.2, 0) is 9.59 Å². The van der Waals surface area contributed by atoms with Crippen LogP contribution < -0.4 is 0 Å². The van der Waals surface area contributed by atoms with Gasteiger partial charge in [0.25, 0.3) is 5.69 Å². The summed E-state index contributed by atoms with van der Waals surface area (Å²) in [6, 6.07) is 5.55. The SMILES string of the molecule is CC(=O)C1=C(O)C[C@](C)(O)[C@H](C(C)=O)[C@H]1c1cccc([N+](=O)[O-])c1. The topological polar surface area (TPSA) is 118 Å². The number of allylic oxidation sites excluding steroid dienone is 1. The Bertz CT molecular complexity index is 749. The highest BCUT2D eigenvalue weighted by molar-refractivity contribution is 5.97. The van der Waals surface area contributed by atoms with Crippen molar-refractivity contribution in [1.29, 1.82) is 0 Å². The van der Waals surface area contributed by atoms with E-state index in [4.69, 9.17) is 0 Å². The fourth-order valence-electron chi connectivity index (χ4n) is 3.54. The molecule has 1 aliphatic carbocycles. The Hall–Kier alpha value is -2.54. The van der Waals surface area contributed by atoms with Crippen molar-refractivity contribution < 1.29 is 24.7 Å². The van der Waals surface area contributed by atoms with Gasteiger partial charge in [0.1, 0.15) is 11.5 Å². The summed E-state index contributed by atoms with van der Waals surface area (Å²) in [5.74, 6) is -3.02. The number of nitro benzene ring substituents is 1. The molecule has 7 nitrogen and oxygen atoms in total. The van der Waals surface area contributed by atoms with Gasteiger partial charge in [0.2, 0.25) is 0 Å². The van der Waals surface area contributed by atoms with E-state index in [1.165, 1.54) is 39.0 Å². The van der Waals surface area contributed by atoms with Crippen molar-refractivity contribution >= 4 is 17.3 Å². The molecule has 0 radical (unpaired) electrons. The number of carbonyl (C=O) groups excluding carboxylic acids is 2. The molecular formula is C17H19NO6. The zero-order chi connectivity index (χ0) is 18.2. The van der Waals surface area contributed by atoms with Gasteiger partial charge < -0.3 is 10.2 Å². The molecule has 128 valence electrons. The van der Waals surface area contributed by atoms with E-state index in [0.29, 0.717) is 5.56 Å². The summed E-state index contributed by atoms with van der Waals surface area (Å²) in [5.41, 5.74) is -1.41. The molecule has 7 heteroatoms. The van der Waals surface area contributed by atoms with Crippen LogP contribution in [0.5, 0.6) is 0 Å². The highest BCUT2D eigenvalue weighted by Crippen LogP contribution is 2.47. The number of benzene rings is 1. The Morgan fingerprint density at radius 3 is 2.46 bits per heavy atom. The third kappa shape index (κ3) is 3.07.